The Morgan fingerprint density at radius 3 is 1.96 bits per heavy atom. The minimum atomic E-state index is -5.08. The number of alkyl halides is 3. The Labute approximate surface area is 255 Å². The fourth-order valence-corrected chi connectivity index (χ4v) is 3.68. The number of hydrogen-bond acceptors (Lipinski definition) is 6. The number of carboxylic acids is 2. The number of carbonyl (C=O) groups is 5. The Morgan fingerprint density at radius 1 is 0.800 bits per heavy atom. The first kappa shape index (κ1) is 35.6. The lowest BCUT2D eigenvalue weighted by Crippen LogP contribution is -2.40. The summed E-state index contributed by atoms with van der Waals surface area (Å²) in [5, 5.41) is 26.8. The molecule has 0 heterocycles. The number of hydrogen-bond donors (Lipinski definition) is 6. The Morgan fingerprint density at radius 2 is 1.38 bits per heavy atom. The molecule has 3 aromatic rings. The number of carbonyl (C=O) groups excluding carboxylic acids is 3. The lowest BCUT2D eigenvalue weighted by atomic mass is 9.99. The summed E-state index contributed by atoms with van der Waals surface area (Å²) in [5.41, 5.74) is 3.11. The van der Waals surface area contributed by atoms with Crippen LogP contribution in [0.25, 0.3) is 11.1 Å². The van der Waals surface area contributed by atoms with Crippen molar-refractivity contribution in [2.24, 2.45) is 0 Å². The van der Waals surface area contributed by atoms with Gasteiger partial charge in [0.2, 0.25) is 11.8 Å². The highest BCUT2D eigenvalue weighted by Crippen LogP contribution is 2.24. The van der Waals surface area contributed by atoms with Gasteiger partial charge in [-0.25, -0.2) is 9.59 Å². The van der Waals surface area contributed by atoms with E-state index in [2.05, 4.69) is 21.3 Å². The van der Waals surface area contributed by atoms with Gasteiger partial charge in [-0.3, -0.25) is 14.4 Å². The minimum Gasteiger partial charge on any atom is -0.495 e. The third-order valence-corrected chi connectivity index (χ3v) is 5.82. The molecule has 0 aliphatic heterocycles. The number of benzene rings is 3. The van der Waals surface area contributed by atoms with E-state index in [1.165, 1.54) is 7.11 Å². The SMILES string of the molecule is COc1ccccc1NC(=O)NCCC(=O)NCC(=O)NC(CC(=O)O)c1ccc(-c2ccccc2)cc1.O=C(O)C(F)(F)F. The van der Waals surface area contributed by atoms with E-state index in [0.29, 0.717) is 17.0 Å². The highest BCUT2D eigenvalue weighted by molar-refractivity contribution is 5.91. The van der Waals surface area contributed by atoms with Crippen LogP contribution < -0.4 is 26.0 Å². The van der Waals surface area contributed by atoms with Crippen LogP contribution in [-0.2, 0) is 19.2 Å². The minimum absolute atomic E-state index is 0.0455. The van der Waals surface area contributed by atoms with Crippen molar-refractivity contribution in [1.29, 1.82) is 0 Å². The molecular formula is C30H31F3N4O8. The van der Waals surface area contributed by atoms with Gasteiger partial charge in [-0.15, -0.1) is 0 Å². The molecule has 0 aliphatic rings. The smallest absolute Gasteiger partial charge is 0.490 e. The molecule has 0 aromatic heterocycles. The molecule has 240 valence electrons. The van der Waals surface area contributed by atoms with Gasteiger partial charge in [0.05, 0.1) is 31.8 Å². The van der Waals surface area contributed by atoms with E-state index in [1.807, 2.05) is 42.5 Å². The van der Waals surface area contributed by atoms with Gasteiger partial charge in [-0.1, -0.05) is 66.7 Å². The van der Waals surface area contributed by atoms with Crippen molar-refractivity contribution in [2.45, 2.75) is 25.1 Å². The van der Waals surface area contributed by atoms with Gasteiger partial charge in [0.25, 0.3) is 0 Å². The average Bonchev–Trinajstić information content (AvgIpc) is 3.00. The zero-order valence-corrected chi connectivity index (χ0v) is 23.9. The molecule has 3 aromatic carbocycles. The van der Waals surface area contributed by atoms with E-state index >= 15 is 0 Å². The summed E-state index contributed by atoms with van der Waals surface area (Å²) in [5.74, 6) is -4.30. The Bertz CT molecular complexity index is 1450. The molecule has 6 N–H and O–H groups in total. The molecule has 12 nitrogen and oxygen atoms in total. The summed E-state index contributed by atoms with van der Waals surface area (Å²) in [6.07, 6.45) is -5.44. The second-order valence-electron chi connectivity index (χ2n) is 9.12. The third kappa shape index (κ3) is 13.1. The molecule has 1 unspecified atom stereocenters. The molecule has 3 rings (SSSR count). The van der Waals surface area contributed by atoms with E-state index in [1.54, 1.807) is 36.4 Å². The fourth-order valence-electron chi connectivity index (χ4n) is 3.68. The highest BCUT2D eigenvalue weighted by Gasteiger charge is 2.38. The number of methoxy groups -OCH3 is 1. The summed E-state index contributed by atoms with van der Waals surface area (Å²) in [6, 6.07) is 22.6. The first-order chi connectivity index (χ1) is 21.3. The van der Waals surface area contributed by atoms with Crippen LogP contribution in [0, 0.1) is 0 Å². The molecule has 0 aliphatic carbocycles. The molecule has 15 heteroatoms. The van der Waals surface area contributed by atoms with Crippen molar-refractivity contribution in [3.05, 3.63) is 84.4 Å². The van der Waals surface area contributed by atoms with Gasteiger partial charge in [-0.2, -0.15) is 13.2 Å². The van der Waals surface area contributed by atoms with Crippen molar-refractivity contribution in [1.82, 2.24) is 16.0 Å². The maximum absolute atomic E-state index is 12.4. The number of rotatable bonds is 12. The van der Waals surface area contributed by atoms with Gasteiger partial charge in [0, 0.05) is 13.0 Å². The Hall–Kier alpha value is -5.60. The zero-order valence-electron chi connectivity index (χ0n) is 23.9. The first-order valence-corrected chi connectivity index (χ1v) is 13.2. The highest BCUT2D eigenvalue weighted by atomic mass is 19.4. The van der Waals surface area contributed by atoms with E-state index in [4.69, 9.17) is 14.6 Å². The normalized spacial score (nSPS) is 11.1. The molecule has 0 radical (unpaired) electrons. The van der Waals surface area contributed by atoms with Crippen LogP contribution in [0.5, 0.6) is 5.75 Å². The number of ether oxygens (including phenoxy) is 1. The molecule has 0 spiro atoms. The Kier molecular flexibility index (Phi) is 13.8. The monoisotopic (exact) mass is 632 g/mol. The lowest BCUT2D eigenvalue weighted by Gasteiger charge is -2.18. The second kappa shape index (κ2) is 17.5. The summed E-state index contributed by atoms with van der Waals surface area (Å²) >= 11 is 0. The molecule has 1 atom stereocenters. The van der Waals surface area contributed by atoms with Crippen LogP contribution in [0.3, 0.4) is 0 Å². The van der Waals surface area contributed by atoms with Crippen LogP contribution in [0.1, 0.15) is 24.4 Å². The number of nitrogens with one attached hydrogen (secondary N) is 4. The maximum atomic E-state index is 12.4. The van der Waals surface area contributed by atoms with Crippen molar-refractivity contribution < 1.29 is 52.1 Å². The van der Waals surface area contributed by atoms with E-state index < -0.39 is 42.0 Å². The van der Waals surface area contributed by atoms with E-state index in [9.17, 15) is 37.5 Å². The van der Waals surface area contributed by atoms with Gasteiger partial charge < -0.3 is 36.2 Å². The van der Waals surface area contributed by atoms with Crippen LogP contribution in [0.15, 0.2) is 78.9 Å². The molecule has 0 saturated heterocycles. The van der Waals surface area contributed by atoms with Crippen LogP contribution in [0.4, 0.5) is 23.7 Å². The number of halogens is 3. The van der Waals surface area contributed by atoms with Crippen molar-refractivity contribution >= 4 is 35.5 Å². The van der Waals surface area contributed by atoms with Crippen LogP contribution >= 0.6 is 0 Å². The second-order valence-corrected chi connectivity index (χ2v) is 9.12. The fraction of sp³-hybridized carbons (Fsp3) is 0.233. The predicted octanol–water partition coefficient (Wildman–Crippen LogP) is 3.96. The molecule has 4 amide bonds. The van der Waals surface area contributed by atoms with Crippen molar-refractivity contribution in [3.63, 3.8) is 0 Å². The summed E-state index contributed by atoms with van der Waals surface area (Å²) < 4.78 is 36.9. The standard InChI is InChI=1S/C28H30N4O6.C2HF3O2/c1-38-24-10-6-5-9-22(24)32-28(37)29-16-15-25(33)30-18-26(34)31-23(17-27(35)36)21-13-11-20(12-14-21)19-7-3-2-4-8-19;3-2(4,5)1(6)7/h2-14,23H,15-18H2,1H3,(H,30,33)(H,31,34)(H,35,36)(H2,29,32,37);(H,6,7). The van der Waals surface area contributed by atoms with Crippen LogP contribution in [0.2, 0.25) is 0 Å². The number of amides is 4. The van der Waals surface area contributed by atoms with E-state index in [-0.39, 0.29) is 25.9 Å². The van der Waals surface area contributed by atoms with Gasteiger partial charge in [-0.05, 0) is 28.8 Å². The zero-order chi connectivity index (χ0) is 33.4. The summed E-state index contributed by atoms with van der Waals surface area (Å²) in [7, 11) is 1.49. The molecular weight excluding hydrogens is 601 g/mol. The maximum Gasteiger partial charge on any atom is 0.490 e. The lowest BCUT2D eigenvalue weighted by molar-refractivity contribution is -0.192. The quantitative estimate of drug-likeness (QED) is 0.173. The largest absolute Gasteiger partial charge is 0.495 e. The van der Waals surface area contributed by atoms with Gasteiger partial charge in [0.1, 0.15) is 5.75 Å². The number of para-hydroxylation sites is 2. The third-order valence-electron chi connectivity index (χ3n) is 5.82. The molecule has 0 fully saturated rings. The van der Waals surface area contributed by atoms with Crippen molar-refractivity contribution in [3.8, 4) is 16.9 Å². The van der Waals surface area contributed by atoms with Gasteiger partial charge in [0.15, 0.2) is 0 Å². The molecule has 45 heavy (non-hydrogen) atoms. The van der Waals surface area contributed by atoms with E-state index in [0.717, 1.165) is 11.1 Å². The topological polar surface area (TPSA) is 183 Å². The molecule has 0 saturated carbocycles. The van der Waals surface area contributed by atoms with Crippen molar-refractivity contribution in [2.75, 3.05) is 25.5 Å². The number of carboxylic acid groups (broad SMARTS) is 2. The summed E-state index contributed by atoms with van der Waals surface area (Å²) in [4.78, 5) is 56.9. The number of aliphatic carboxylic acids is 2. The molecule has 0 bridgehead atoms. The Balaban J connectivity index is 0.000000900. The van der Waals surface area contributed by atoms with Crippen LogP contribution in [-0.4, -0.2) is 66.4 Å². The average molecular weight is 633 g/mol. The number of anilines is 1. The summed E-state index contributed by atoms with van der Waals surface area (Å²) in [6.45, 7) is -0.283. The van der Waals surface area contributed by atoms with Gasteiger partial charge >= 0.3 is 24.1 Å². The number of urea groups is 1. The predicted molar refractivity (Wildman–Crippen MR) is 156 cm³/mol. The first-order valence-electron chi connectivity index (χ1n) is 13.2.